The molecule has 0 heterocycles. The summed E-state index contributed by atoms with van der Waals surface area (Å²) in [5, 5.41) is 2.87. The number of hydrogen-bond donors (Lipinski definition) is 0. The standard InChI is InChI=1S/C18H16P.C5H5.Fe/c1-15-9-5-8-14-18(15)19(17-12-6-7-13-17)16-10-3-2-4-11-16;1-2-4-5-3-1;/h2-14H,1H3;1-5H;/q;;+2/t19-;;/m1../s1. The van der Waals surface area contributed by atoms with E-state index in [2.05, 4.69) is 87.2 Å². The fourth-order valence-electron chi connectivity index (χ4n) is 2.65. The zero-order valence-electron chi connectivity index (χ0n) is 14.2. The minimum absolute atomic E-state index is 0. The van der Waals surface area contributed by atoms with Gasteiger partial charge in [-0.15, -0.1) is 0 Å². The van der Waals surface area contributed by atoms with Gasteiger partial charge in [-0.25, -0.2) is 0 Å². The zero-order chi connectivity index (χ0) is 16.6. The summed E-state index contributed by atoms with van der Waals surface area (Å²) in [4.78, 5) is 0. The Morgan fingerprint density at radius 2 is 1.12 bits per heavy atom. The van der Waals surface area contributed by atoms with Crippen LogP contribution in [-0.4, -0.2) is 0 Å². The van der Waals surface area contributed by atoms with Crippen molar-refractivity contribution in [3.63, 3.8) is 0 Å². The van der Waals surface area contributed by atoms with Crippen LogP contribution in [0.25, 0.3) is 0 Å². The smallest absolute Gasteiger partial charge is 0.0622 e. The molecule has 2 heteroatoms. The van der Waals surface area contributed by atoms with E-state index in [1.807, 2.05) is 32.1 Å². The number of hydrogen-bond acceptors (Lipinski definition) is 0. The van der Waals surface area contributed by atoms with Crippen molar-refractivity contribution in [1.82, 2.24) is 0 Å². The van der Waals surface area contributed by atoms with Crippen molar-refractivity contribution in [3.8, 4) is 0 Å². The van der Waals surface area contributed by atoms with Crippen LogP contribution in [0.5, 0.6) is 0 Å². The van der Waals surface area contributed by atoms with Crippen LogP contribution < -0.4 is 10.6 Å². The van der Waals surface area contributed by atoms with Crippen molar-refractivity contribution in [2.75, 3.05) is 0 Å². The second-order valence-corrected chi connectivity index (χ2v) is 7.75. The van der Waals surface area contributed by atoms with Crippen LogP contribution in [-0.2, 0) is 17.1 Å². The van der Waals surface area contributed by atoms with Gasteiger partial charge in [0.1, 0.15) is 0 Å². The van der Waals surface area contributed by atoms with Gasteiger partial charge in [0.2, 0.25) is 0 Å². The molecule has 2 fully saturated rings. The maximum atomic E-state index is 2.26. The van der Waals surface area contributed by atoms with Crippen LogP contribution in [0.2, 0.25) is 0 Å². The zero-order valence-corrected chi connectivity index (χ0v) is 16.2. The first-order valence-corrected chi connectivity index (χ1v) is 9.49. The first kappa shape index (κ1) is 20.7. The quantitative estimate of drug-likeness (QED) is 0.526. The molecule has 1 atom stereocenters. The van der Waals surface area contributed by atoms with Gasteiger partial charge in [0.25, 0.3) is 0 Å². The molecule has 0 aromatic heterocycles. The van der Waals surface area contributed by atoms with E-state index in [9.17, 15) is 0 Å². The summed E-state index contributed by atoms with van der Waals surface area (Å²) >= 11 is 0. The third kappa shape index (κ3) is 5.96. The van der Waals surface area contributed by atoms with Crippen molar-refractivity contribution in [3.05, 3.63) is 124 Å². The Hall–Kier alpha value is -0.611. The number of rotatable bonds is 3. The molecule has 0 spiro atoms. The molecule has 2 aromatic carbocycles. The minimum atomic E-state index is -0.430. The van der Waals surface area contributed by atoms with Gasteiger partial charge < -0.3 is 0 Å². The third-order valence-electron chi connectivity index (χ3n) is 3.83. The summed E-state index contributed by atoms with van der Waals surface area (Å²) < 4.78 is 0. The average Bonchev–Trinajstić information content (AvgIpc) is 3.34. The molecule has 2 aliphatic rings. The molecule has 10 radical (unpaired) electrons. The van der Waals surface area contributed by atoms with Crippen molar-refractivity contribution >= 4 is 18.5 Å². The fraction of sp³-hybridized carbons (Fsp3) is 0.0435. The molecule has 0 bridgehead atoms. The van der Waals surface area contributed by atoms with Gasteiger partial charge in [-0.05, 0) is 88.8 Å². The molecule has 2 saturated carbocycles. The Labute approximate surface area is 166 Å². The molecule has 0 saturated heterocycles. The molecule has 25 heavy (non-hydrogen) atoms. The van der Waals surface area contributed by atoms with E-state index in [1.165, 1.54) is 21.8 Å². The number of benzene rings is 2. The third-order valence-corrected chi connectivity index (χ3v) is 6.44. The summed E-state index contributed by atoms with van der Waals surface area (Å²) in [5.74, 6) is 0. The summed E-state index contributed by atoms with van der Waals surface area (Å²) in [7, 11) is -0.430. The van der Waals surface area contributed by atoms with Crippen molar-refractivity contribution in [2.45, 2.75) is 6.92 Å². The van der Waals surface area contributed by atoms with Crippen molar-refractivity contribution in [1.29, 1.82) is 0 Å². The summed E-state index contributed by atoms with van der Waals surface area (Å²) in [6.45, 7) is 2.20. The van der Waals surface area contributed by atoms with E-state index in [-0.39, 0.29) is 17.1 Å². The van der Waals surface area contributed by atoms with Crippen LogP contribution in [0, 0.1) is 70.4 Å². The largest absolute Gasteiger partial charge is 2.00 e. The molecule has 0 aliphatic heterocycles. The van der Waals surface area contributed by atoms with Crippen molar-refractivity contribution < 1.29 is 17.1 Å². The second-order valence-electron chi connectivity index (χ2n) is 5.56. The van der Waals surface area contributed by atoms with Crippen LogP contribution in [0.4, 0.5) is 0 Å². The Morgan fingerprint density at radius 1 is 0.600 bits per heavy atom. The van der Waals surface area contributed by atoms with Gasteiger partial charge >= 0.3 is 17.1 Å². The van der Waals surface area contributed by atoms with E-state index >= 15 is 0 Å². The Morgan fingerprint density at radius 3 is 1.68 bits per heavy atom. The molecule has 0 unspecified atom stereocenters. The first-order chi connectivity index (χ1) is 11.9. The SMILES string of the molecule is Cc1ccccc1[P@@]([C]1[CH][CH][CH][CH]1)c1ccccc1.[CH]1[CH][CH][CH][CH]1.[Fe+2]. The Bertz CT molecular complexity index is 593. The van der Waals surface area contributed by atoms with E-state index < -0.39 is 7.92 Å². The molecule has 2 aliphatic carbocycles. The topological polar surface area (TPSA) is 0 Å². The van der Waals surface area contributed by atoms with Crippen LogP contribution in [0.3, 0.4) is 0 Å². The minimum Gasteiger partial charge on any atom is -0.0622 e. The molecular weight excluding hydrogens is 363 g/mol. The van der Waals surface area contributed by atoms with Gasteiger partial charge in [0.05, 0.1) is 0 Å². The maximum absolute atomic E-state index is 2.26. The maximum Gasteiger partial charge on any atom is 2.00 e. The molecule has 0 nitrogen and oxygen atoms in total. The monoisotopic (exact) mass is 384 g/mol. The summed E-state index contributed by atoms with van der Waals surface area (Å²) in [6, 6.07) is 19.6. The molecule has 4 rings (SSSR count). The number of aryl methyl sites for hydroxylation is 1. The van der Waals surface area contributed by atoms with Gasteiger partial charge in [0, 0.05) is 5.66 Å². The summed E-state index contributed by atoms with van der Waals surface area (Å²) in [6.07, 6.45) is 18.7. The molecular formula is C23H21FeP+2. The van der Waals surface area contributed by atoms with Gasteiger partial charge in [0.15, 0.2) is 0 Å². The fourth-order valence-corrected chi connectivity index (χ4v) is 5.11. The van der Waals surface area contributed by atoms with Crippen LogP contribution >= 0.6 is 7.92 Å². The summed E-state index contributed by atoms with van der Waals surface area (Å²) in [5.41, 5.74) is 2.80. The predicted molar refractivity (Wildman–Crippen MR) is 106 cm³/mol. The molecule has 0 N–H and O–H groups in total. The van der Waals surface area contributed by atoms with E-state index in [0.717, 1.165) is 0 Å². The predicted octanol–water partition coefficient (Wildman–Crippen LogP) is 4.81. The molecule has 2 aromatic rings. The first-order valence-electron chi connectivity index (χ1n) is 8.15. The Kier molecular flexibility index (Phi) is 9.25. The van der Waals surface area contributed by atoms with Crippen molar-refractivity contribution in [2.24, 2.45) is 0 Å². The van der Waals surface area contributed by atoms with E-state index in [1.54, 1.807) is 0 Å². The van der Waals surface area contributed by atoms with Crippen LogP contribution in [0.1, 0.15) is 5.56 Å². The normalized spacial score (nSPS) is 18.1. The van der Waals surface area contributed by atoms with E-state index in [0.29, 0.717) is 0 Å². The van der Waals surface area contributed by atoms with Gasteiger partial charge in [-0.1, -0.05) is 54.6 Å². The Balaban J connectivity index is 0.000000325. The van der Waals surface area contributed by atoms with Crippen LogP contribution in [0.15, 0.2) is 54.6 Å². The molecule has 124 valence electrons. The van der Waals surface area contributed by atoms with E-state index in [4.69, 9.17) is 0 Å². The van der Waals surface area contributed by atoms with Gasteiger partial charge in [-0.3, -0.25) is 0 Å². The average molecular weight is 384 g/mol. The van der Waals surface area contributed by atoms with Gasteiger partial charge in [-0.2, -0.15) is 0 Å². The molecule has 0 amide bonds. The second kappa shape index (κ2) is 11.2.